The standard InChI is InChI=1S/C20H21N3O3/c1-12-3-6-19(24)18(21-12)11-23-8-7-17-15(10-23)14-9-13(20(25)26-2)4-5-16(14)22-17/h3-6,9,22,24H,7-8,10-11H2,1-2H3. The average molecular weight is 351 g/mol. The molecule has 1 aromatic carbocycles. The lowest BCUT2D eigenvalue weighted by Gasteiger charge is -2.27. The van der Waals surface area contributed by atoms with E-state index in [-0.39, 0.29) is 11.7 Å². The van der Waals surface area contributed by atoms with E-state index in [0.717, 1.165) is 36.1 Å². The van der Waals surface area contributed by atoms with Crippen LogP contribution in [0.1, 0.15) is 33.0 Å². The summed E-state index contributed by atoms with van der Waals surface area (Å²) in [5.74, 6) is -0.100. The molecule has 2 N–H and O–H groups in total. The highest BCUT2D eigenvalue weighted by molar-refractivity contribution is 5.96. The third-order valence-electron chi connectivity index (χ3n) is 4.94. The van der Waals surface area contributed by atoms with Crippen LogP contribution in [0.5, 0.6) is 5.75 Å². The first kappa shape index (κ1) is 16.6. The highest BCUT2D eigenvalue weighted by Crippen LogP contribution is 2.30. The second kappa shape index (κ2) is 6.46. The summed E-state index contributed by atoms with van der Waals surface area (Å²) < 4.78 is 4.83. The van der Waals surface area contributed by atoms with Gasteiger partial charge in [-0.25, -0.2) is 4.79 Å². The number of nitrogens with one attached hydrogen (secondary N) is 1. The normalized spacial score (nSPS) is 14.4. The Labute approximate surface area is 151 Å². The van der Waals surface area contributed by atoms with E-state index in [0.29, 0.717) is 17.8 Å². The van der Waals surface area contributed by atoms with E-state index >= 15 is 0 Å². The molecule has 6 nitrogen and oxygen atoms in total. The summed E-state index contributed by atoms with van der Waals surface area (Å²) >= 11 is 0. The third-order valence-corrected chi connectivity index (χ3v) is 4.94. The van der Waals surface area contributed by atoms with Crippen molar-refractivity contribution in [3.63, 3.8) is 0 Å². The molecule has 0 amide bonds. The zero-order valence-electron chi connectivity index (χ0n) is 14.9. The lowest BCUT2D eigenvalue weighted by atomic mass is 10.0. The monoisotopic (exact) mass is 351 g/mol. The SMILES string of the molecule is COC(=O)c1ccc2[nH]c3c(c2c1)CN(Cc1nc(C)ccc1O)CC3. The van der Waals surface area contributed by atoms with Gasteiger partial charge in [-0.2, -0.15) is 0 Å². The Bertz CT molecular complexity index is 993. The maximum atomic E-state index is 11.8. The van der Waals surface area contributed by atoms with Crippen molar-refractivity contribution < 1.29 is 14.6 Å². The van der Waals surface area contributed by atoms with Gasteiger partial charge >= 0.3 is 5.97 Å². The van der Waals surface area contributed by atoms with Crippen molar-refractivity contribution in [2.75, 3.05) is 13.7 Å². The van der Waals surface area contributed by atoms with E-state index in [1.54, 1.807) is 18.2 Å². The molecule has 3 aromatic rings. The molecule has 0 aliphatic carbocycles. The Balaban J connectivity index is 1.64. The van der Waals surface area contributed by atoms with Crippen molar-refractivity contribution in [3.8, 4) is 5.75 Å². The Kier molecular flexibility index (Phi) is 4.12. The van der Waals surface area contributed by atoms with Gasteiger partial charge in [0, 0.05) is 48.3 Å². The number of H-pyrrole nitrogens is 1. The number of benzene rings is 1. The van der Waals surface area contributed by atoms with E-state index in [1.807, 2.05) is 19.1 Å². The number of aromatic hydroxyl groups is 1. The van der Waals surface area contributed by atoms with Crippen LogP contribution in [0.25, 0.3) is 10.9 Å². The van der Waals surface area contributed by atoms with Crippen molar-refractivity contribution in [2.45, 2.75) is 26.4 Å². The largest absolute Gasteiger partial charge is 0.506 e. The summed E-state index contributed by atoms with van der Waals surface area (Å²) in [5.41, 5.74) is 5.58. The minimum absolute atomic E-state index is 0.230. The second-order valence-corrected chi connectivity index (χ2v) is 6.71. The molecule has 26 heavy (non-hydrogen) atoms. The molecular formula is C20H21N3O3. The number of aromatic nitrogens is 2. The van der Waals surface area contributed by atoms with Gasteiger partial charge in [-0.05, 0) is 42.8 Å². The number of methoxy groups -OCH3 is 1. The van der Waals surface area contributed by atoms with Crippen LogP contribution in [0.4, 0.5) is 0 Å². The Hall–Kier alpha value is -2.86. The van der Waals surface area contributed by atoms with Crippen LogP contribution in [0.2, 0.25) is 0 Å². The summed E-state index contributed by atoms with van der Waals surface area (Å²) in [6.07, 6.45) is 0.893. The van der Waals surface area contributed by atoms with Crippen LogP contribution in [0.15, 0.2) is 30.3 Å². The second-order valence-electron chi connectivity index (χ2n) is 6.71. The molecule has 0 fully saturated rings. The van der Waals surface area contributed by atoms with Gasteiger partial charge < -0.3 is 14.8 Å². The molecule has 0 atom stereocenters. The fourth-order valence-corrected chi connectivity index (χ4v) is 3.58. The van der Waals surface area contributed by atoms with Gasteiger partial charge in [0.05, 0.1) is 18.4 Å². The Morgan fingerprint density at radius 1 is 1.35 bits per heavy atom. The number of fused-ring (bicyclic) bond motifs is 3. The number of ether oxygens (including phenoxy) is 1. The Morgan fingerprint density at radius 3 is 3.00 bits per heavy atom. The number of aromatic amines is 1. The van der Waals surface area contributed by atoms with Crippen molar-refractivity contribution in [2.24, 2.45) is 0 Å². The highest BCUT2D eigenvalue weighted by atomic mass is 16.5. The van der Waals surface area contributed by atoms with Crippen LogP contribution in [-0.2, 0) is 24.2 Å². The van der Waals surface area contributed by atoms with E-state index in [2.05, 4.69) is 14.9 Å². The fraction of sp³-hybridized carbons (Fsp3) is 0.300. The molecule has 0 unspecified atom stereocenters. The maximum absolute atomic E-state index is 11.8. The topological polar surface area (TPSA) is 78.5 Å². The highest BCUT2D eigenvalue weighted by Gasteiger charge is 2.22. The number of carbonyl (C=O) groups is 1. The summed E-state index contributed by atoms with van der Waals surface area (Å²) in [4.78, 5) is 22.0. The molecule has 0 saturated heterocycles. The summed E-state index contributed by atoms with van der Waals surface area (Å²) in [5, 5.41) is 11.1. The molecular weight excluding hydrogens is 330 g/mol. The molecule has 0 saturated carbocycles. The van der Waals surface area contributed by atoms with E-state index in [1.165, 1.54) is 18.4 Å². The van der Waals surface area contributed by atoms with Gasteiger partial charge in [0.2, 0.25) is 0 Å². The molecule has 134 valence electrons. The van der Waals surface area contributed by atoms with Crippen LogP contribution in [-0.4, -0.2) is 39.6 Å². The summed E-state index contributed by atoms with van der Waals surface area (Å²) in [6.45, 7) is 4.15. The number of aryl methyl sites for hydroxylation is 1. The predicted octanol–water partition coefficient (Wildman–Crippen LogP) is 2.92. The maximum Gasteiger partial charge on any atom is 0.337 e. The Morgan fingerprint density at radius 2 is 2.19 bits per heavy atom. The van der Waals surface area contributed by atoms with Gasteiger partial charge in [0.15, 0.2) is 0 Å². The first-order valence-corrected chi connectivity index (χ1v) is 8.65. The molecule has 6 heteroatoms. The number of esters is 1. The van der Waals surface area contributed by atoms with Gasteiger partial charge in [0.1, 0.15) is 5.75 Å². The molecule has 4 rings (SSSR count). The summed E-state index contributed by atoms with van der Waals surface area (Å²) in [6, 6.07) is 9.10. The van der Waals surface area contributed by atoms with Crippen molar-refractivity contribution in [3.05, 3.63) is 58.5 Å². The third kappa shape index (κ3) is 2.93. The van der Waals surface area contributed by atoms with Crippen molar-refractivity contribution in [1.29, 1.82) is 0 Å². The van der Waals surface area contributed by atoms with E-state index in [4.69, 9.17) is 4.74 Å². The molecule has 1 aliphatic heterocycles. The molecule has 0 radical (unpaired) electrons. The predicted molar refractivity (Wildman–Crippen MR) is 98.1 cm³/mol. The number of hydrogen-bond acceptors (Lipinski definition) is 5. The van der Waals surface area contributed by atoms with Crippen molar-refractivity contribution in [1.82, 2.24) is 14.9 Å². The lowest BCUT2D eigenvalue weighted by molar-refractivity contribution is 0.0601. The first-order chi connectivity index (χ1) is 12.5. The van der Waals surface area contributed by atoms with E-state index < -0.39 is 0 Å². The van der Waals surface area contributed by atoms with Crippen LogP contribution >= 0.6 is 0 Å². The van der Waals surface area contributed by atoms with Gasteiger partial charge in [-0.3, -0.25) is 9.88 Å². The molecule has 1 aliphatic rings. The van der Waals surface area contributed by atoms with Crippen LogP contribution in [0.3, 0.4) is 0 Å². The van der Waals surface area contributed by atoms with Crippen LogP contribution in [0, 0.1) is 6.92 Å². The minimum Gasteiger partial charge on any atom is -0.506 e. The quantitative estimate of drug-likeness (QED) is 0.710. The molecule has 2 aromatic heterocycles. The first-order valence-electron chi connectivity index (χ1n) is 8.65. The molecule has 0 bridgehead atoms. The smallest absolute Gasteiger partial charge is 0.337 e. The molecule has 0 spiro atoms. The zero-order valence-corrected chi connectivity index (χ0v) is 14.9. The van der Waals surface area contributed by atoms with Crippen LogP contribution < -0.4 is 0 Å². The molecule has 3 heterocycles. The van der Waals surface area contributed by atoms with E-state index in [9.17, 15) is 9.90 Å². The zero-order chi connectivity index (χ0) is 18.3. The van der Waals surface area contributed by atoms with Gasteiger partial charge in [-0.15, -0.1) is 0 Å². The number of pyridine rings is 1. The van der Waals surface area contributed by atoms with Gasteiger partial charge in [-0.1, -0.05) is 0 Å². The number of carbonyl (C=O) groups excluding carboxylic acids is 1. The number of nitrogens with zero attached hydrogens (tertiary/aromatic N) is 2. The van der Waals surface area contributed by atoms with Crippen molar-refractivity contribution >= 4 is 16.9 Å². The summed E-state index contributed by atoms with van der Waals surface area (Å²) in [7, 11) is 1.39. The minimum atomic E-state index is -0.330. The number of rotatable bonds is 3. The average Bonchev–Trinajstić information content (AvgIpc) is 3.01. The fourth-order valence-electron chi connectivity index (χ4n) is 3.58. The lowest BCUT2D eigenvalue weighted by Crippen LogP contribution is -2.30. The number of hydrogen-bond donors (Lipinski definition) is 2. The van der Waals surface area contributed by atoms with Gasteiger partial charge in [0.25, 0.3) is 0 Å².